The Morgan fingerprint density at radius 3 is 2.40 bits per heavy atom. The van der Waals surface area contributed by atoms with Crippen molar-refractivity contribution in [1.82, 2.24) is 0 Å². The van der Waals surface area contributed by atoms with Gasteiger partial charge < -0.3 is 4.74 Å². The zero-order valence-electron chi connectivity index (χ0n) is 5.81. The molecule has 1 fully saturated rings. The van der Waals surface area contributed by atoms with Crippen molar-refractivity contribution in [3.8, 4) is 0 Å². The number of hydrogen-bond donors (Lipinski definition) is 0. The van der Waals surface area contributed by atoms with Crippen molar-refractivity contribution in [2.45, 2.75) is 38.0 Å². The molecule has 1 aliphatic rings. The van der Waals surface area contributed by atoms with E-state index in [1.165, 1.54) is 0 Å². The molecule has 0 atom stereocenters. The fourth-order valence-electron chi connectivity index (χ4n) is 1.28. The molecule has 2 nitrogen and oxygen atoms in total. The van der Waals surface area contributed by atoms with E-state index in [1.54, 1.807) is 0 Å². The van der Waals surface area contributed by atoms with Crippen LogP contribution < -0.4 is 0 Å². The predicted octanol–water partition coefficient (Wildman–Crippen LogP) is 1.79. The van der Waals surface area contributed by atoms with Gasteiger partial charge in [-0.05, 0) is 12.8 Å². The lowest BCUT2D eigenvalue weighted by molar-refractivity contribution is -0.174. The molecule has 0 aromatic heterocycles. The summed E-state index contributed by atoms with van der Waals surface area (Å²) < 4.78 is 17.4. The fourth-order valence-corrected chi connectivity index (χ4v) is 1.28. The summed E-state index contributed by atoms with van der Waals surface area (Å²) in [5, 5.41) is 0. The van der Waals surface area contributed by atoms with Crippen molar-refractivity contribution < 1.29 is 13.9 Å². The number of ether oxygens (including phenoxy) is 1. The molecule has 0 saturated heterocycles. The first-order chi connectivity index (χ1) is 4.77. The molecule has 0 bridgehead atoms. The van der Waals surface area contributed by atoms with E-state index in [0.717, 1.165) is 19.3 Å². The molecule has 0 aromatic carbocycles. The van der Waals surface area contributed by atoms with E-state index in [9.17, 15) is 9.18 Å². The van der Waals surface area contributed by atoms with Crippen LogP contribution in [0.15, 0.2) is 0 Å². The van der Waals surface area contributed by atoms with Crippen LogP contribution in [0.4, 0.5) is 4.39 Å². The van der Waals surface area contributed by atoms with E-state index < -0.39 is 5.85 Å². The van der Waals surface area contributed by atoms with Gasteiger partial charge >= 0.3 is 0 Å². The second-order valence-corrected chi connectivity index (χ2v) is 2.66. The number of rotatable bonds is 2. The van der Waals surface area contributed by atoms with Crippen LogP contribution >= 0.6 is 0 Å². The van der Waals surface area contributed by atoms with Crippen LogP contribution in [0.1, 0.15) is 32.1 Å². The standard InChI is InChI=1S/C7H11FO2/c8-7(10-6-9)4-2-1-3-5-7/h6H,1-5H2. The first-order valence-corrected chi connectivity index (χ1v) is 3.57. The number of alkyl halides is 1. The van der Waals surface area contributed by atoms with Gasteiger partial charge in [0, 0.05) is 12.8 Å². The van der Waals surface area contributed by atoms with Crippen LogP contribution in [0, 0.1) is 0 Å². The molecule has 0 spiro atoms. The summed E-state index contributed by atoms with van der Waals surface area (Å²) in [5.41, 5.74) is 0. The second-order valence-electron chi connectivity index (χ2n) is 2.66. The molecule has 10 heavy (non-hydrogen) atoms. The number of hydrogen-bond acceptors (Lipinski definition) is 2. The third kappa shape index (κ3) is 1.69. The van der Waals surface area contributed by atoms with Crippen LogP contribution in [-0.4, -0.2) is 12.3 Å². The highest BCUT2D eigenvalue weighted by molar-refractivity contribution is 5.37. The summed E-state index contributed by atoms with van der Waals surface area (Å²) in [5.74, 6) is -1.64. The molecule has 1 aliphatic carbocycles. The smallest absolute Gasteiger partial charge is 0.295 e. The van der Waals surface area contributed by atoms with Gasteiger partial charge in [0.1, 0.15) is 0 Å². The van der Waals surface area contributed by atoms with Gasteiger partial charge in [0.2, 0.25) is 0 Å². The SMILES string of the molecule is O=COC1(F)CCCCC1. The number of halogens is 1. The first-order valence-electron chi connectivity index (χ1n) is 3.57. The maximum absolute atomic E-state index is 13.1. The summed E-state index contributed by atoms with van der Waals surface area (Å²) in [4.78, 5) is 9.82. The summed E-state index contributed by atoms with van der Waals surface area (Å²) in [6, 6.07) is 0. The third-order valence-electron chi connectivity index (χ3n) is 1.86. The van der Waals surface area contributed by atoms with E-state index >= 15 is 0 Å². The molecule has 0 amide bonds. The zero-order valence-corrected chi connectivity index (χ0v) is 5.81. The molecule has 1 rings (SSSR count). The molecule has 1 saturated carbocycles. The Labute approximate surface area is 59.4 Å². The van der Waals surface area contributed by atoms with E-state index in [0.29, 0.717) is 12.8 Å². The van der Waals surface area contributed by atoms with E-state index in [2.05, 4.69) is 4.74 Å². The van der Waals surface area contributed by atoms with Crippen LogP contribution in [0.2, 0.25) is 0 Å². The van der Waals surface area contributed by atoms with Gasteiger partial charge in [0.05, 0.1) is 0 Å². The molecule has 3 heteroatoms. The zero-order chi connectivity index (χ0) is 7.45. The van der Waals surface area contributed by atoms with Gasteiger partial charge in [-0.2, -0.15) is 4.39 Å². The lowest BCUT2D eigenvalue weighted by atomic mass is 9.96. The monoisotopic (exact) mass is 146 g/mol. The Bertz CT molecular complexity index is 119. The summed E-state index contributed by atoms with van der Waals surface area (Å²) in [7, 11) is 0. The van der Waals surface area contributed by atoms with Crippen LogP contribution in [0.5, 0.6) is 0 Å². The fraction of sp³-hybridized carbons (Fsp3) is 0.857. The topological polar surface area (TPSA) is 26.3 Å². The average Bonchev–Trinajstić information content (AvgIpc) is 1.89. The minimum atomic E-state index is -1.64. The van der Waals surface area contributed by atoms with Gasteiger partial charge in [-0.3, -0.25) is 4.79 Å². The number of carbonyl (C=O) groups is 1. The van der Waals surface area contributed by atoms with Gasteiger partial charge in [-0.15, -0.1) is 0 Å². The Balaban J connectivity index is 2.39. The molecular formula is C7H11FO2. The Kier molecular flexibility index (Phi) is 2.25. The van der Waals surface area contributed by atoms with Gasteiger partial charge in [0.15, 0.2) is 0 Å². The lowest BCUT2D eigenvalue weighted by Gasteiger charge is -2.26. The summed E-state index contributed by atoms with van der Waals surface area (Å²) >= 11 is 0. The summed E-state index contributed by atoms with van der Waals surface area (Å²) in [6.45, 7) is 0.200. The largest absolute Gasteiger partial charge is 0.431 e. The van der Waals surface area contributed by atoms with Crippen molar-refractivity contribution in [2.24, 2.45) is 0 Å². The Morgan fingerprint density at radius 2 is 1.90 bits per heavy atom. The highest BCUT2D eigenvalue weighted by Gasteiger charge is 2.32. The van der Waals surface area contributed by atoms with Crippen LogP contribution in [-0.2, 0) is 9.53 Å². The van der Waals surface area contributed by atoms with E-state index in [-0.39, 0.29) is 6.47 Å². The minimum absolute atomic E-state index is 0.200. The molecule has 0 radical (unpaired) electrons. The third-order valence-corrected chi connectivity index (χ3v) is 1.86. The normalized spacial score (nSPS) is 23.7. The lowest BCUT2D eigenvalue weighted by Crippen LogP contribution is -2.28. The Hall–Kier alpha value is -0.600. The van der Waals surface area contributed by atoms with Crippen LogP contribution in [0.25, 0.3) is 0 Å². The highest BCUT2D eigenvalue weighted by atomic mass is 19.2. The molecular weight excluding hydrogens is 135 g/mol. The van der Waals surface area contributed by atoms with Gasteiger partial charge in [0.25, 0.3) is 12.3 Å². The predicted molar refractivity (Wildman–Crippen MR) is 34.1 cm³/mol. The molecule has 0 unspecified atom stereocenters. The van der Waals surface area contributed by atoms with Crippen molar-refractivity contribution in [1.29, 1.82) is 0 Å². The quantitative estimate of drug-likeness (QED) is 0.555. The molecule has 0 heterocycles. The maximum atomic E-state index is 13.1. The van der Waals surface area contributed by atoms with E-state index in [4.69, 9.17) is 0 Å². The van der Waals surface area contributed by atoms with Gasteiger partial charge in [-0.1, -0.05) is 6.42 Å². The van der Waals surface area contributed by atoms with Crippen molar-refractivity contribution in [3.63, 3.8) is 0 Å². The van der Waals surface area contributed by atoms with Crippen LogP contribution in [0.3, 0.4) is 0 Å². The van der Waals surface area contributed by atoms with Crippen molar-refractivity contribution >= 4 is 6.47 Å². The highest BCUT2D eigenvalue weighted by Crippen LogP contribution is 2.31. The Morgan fingerprint density at radius 1 is 1.30 bits per heavy atom. The van der Waals surface area contributed by atoms with Crippen molar-refractivity contribution in [3.05, 3.63) is 0 Å². The molecule has 58 valence electrons. The maximum Gasteiger partial charge on any atom is 0.295 e. The summed E-state index contributed by atoms with van der Waals surface area (Å²) in [6.07, 6.45) is 3.43. The second kappa shape index (κ2) is 2.99. The molecule has 0 aromatic rings. The van der Waals surface area contributed by atoms with E-state index in [1.807, 2.05) is 0 Å². The molecule has 0 N–H and O–H groups in total. The molecule has 0 aliphatic heterocycles. The first kappa shape index (κ1) is 7.51. The van der Waals surface area contributed by atoms with Crippen molar-refractivity contribution in [2.75, 3.05) is 0 Å². The number of carbonyl (C=O) groups excluding carboxylic acids is 1. The average molecular weight is 146 g/mol. The van der Waals surface area contributed by atoms with Gasteiger partial charge in [-0.25, -0.2) is 0 Å². The minimum Gasteiger partial charge on any atom is -0.431 e.